The van der Waals surface area contributed by atoms with Crippen LogP contribution in [0.15, 0.2) is 36.2 Å². The molecular formula is C14H17N3O3. The number of hydroxylamine groups is 1. The van der Waals surface area contributed by atoms with Crippen molar-refractivity contribution >= 4 is 17.5 Å². The normalized spacial score (nSPS) is 15.7. The molecular weight excluding hydrogens is 258 g/mol. The number of nitrogens with one attached hydrogen (secondary N) is 2. The van der Waals surface area contributed by atoms with Crippen molar-refractivity contribution in [2.24, 2.45) is 0 Å². The van der Waals surface area contributed by atoms with Crippen molar-refractivity contribution in [2.45, 2.75) is 26.3 Å². The van der Waals surface area contributed by atoms with Crippen LogP contribution < -0.4 is 10.8 Å². The lowest BCUT2D eigenvalue weighted by molar-refractivity contribution is -0.132. The van der Waals surface area contributed by atoms with E-state index in [0.29, 0.717) is 17.7 Å². The summed E-state index contributed by atoms with van der Waals surface area (Å²) in [7, 11) is 0. The van der Waals surface area contributed by atoms with E-state index in [-0.39, 0.29) is 5.91 Å². The summed E-state index contributed by atoms with van der Waals surface area (Å²) < 4.78 is 0. The zero-order valence-corrected chi connectivity index (χ0v) is 11.4. The topological polar surface area (TPSA) is 81.7 Å². The molecule has 6 heteroatoms. The van der Waals surface area contributed by atoms with E-state index in [9.17, 15) is 9.59 Å². The van der Waals surface area contributed by atoms with Crippen LogP contribution in [0.5, 0.6) is 0 Å². The summed E-state index contributed by atoms with van der Waals surface area (Å²) in [6.45, 7) is 3.51. The Hall–Kier alpha value is -2.34. The van der Waals surface area contributed by atoms with Gasteiger partial charge in [-0.15, -0.1) is 0 Å². The highest BCUT2D eigenvalue weighted by Gasteiger charge is 2.29. The van der Waals surface area contributed by atoms with E-state index in [2.05, 4.69) is 5.32 Å². The summed E-state index contributed by atoms with van der Waals surface area (Å²) >= 11 is 0. The minimum absolute atomic E-state index is 0.285. The second-order valence-corrected chi connectivity index (χ2v) is 4.54. The van der Waals surface area contributed by atoms with Crippen molar-refractivity contribution in [3.63, 3.8) is 0 Å². The second-order valence-electron chi connectivity index (χ2n) is 4.54. The molecule has 1 heterocycles. The van der Waals surface area contributed by atoms with E-state index in [1.807, 2.05) is 19.1 Å². The molecule has 2 amide bonds. The summed E-state index contributed by atoms with van der Waals surface area (Å²) in [5, 5.41) is 11.9. The Bertz CT molecular complexity index is 569. The van der Waals surface area contributed by atoms with Crippen LogP contribution in [0.3, 0.4) is 0 Å². The zero-order valence-electron chi connectivity index (χ0n) is 11.4. The number of para-hydroxylation sites is 1. The van der Waals surface area contributed by atoms with Gasteiger partial charge in [-0.25, -0.2) is 5.48 Å². The highest BCUT2D eigenvalue weighted by Crippen LogP contribution is 2.25. The molecule has 1 aromatic carbocycles. The largest absolute Gasteiger partial charge is 0.357 e. The number of amides is 2. The van der Waals surface area contributed by atoms with Gasteiger partial charge in [0.25, 0.3) is 11.8 Å². The lowest BCUT2D eigenvalue weighted by Gasteiger charge is -2.23. The quantitative estimate of drug-likeness (QED) is 0.579. The number of anilines is 1. The van der Waals surface area contributed by atoms with E-state index in [1.165, 1.54) is 4.90 Å². The lowest BCUT2D eigenvalue weighted by atomic mass is 10.1. The number of carbonyl (C=O) groups excluding carboxylic acids is 2. The number of hydrogen-bond donors (Lipinski definition) is 3. The average molecular weight is 275 g/mol. The molecule has 1 atom stereocenters. The Morgan fingerprint density at radius 1 is 1.45 bits per heavy atom. The van der Waals surface area contributed by atoms with Crippen LogP contribution in [0.4, 0.5) is 5.69 Å². The molecule has 0 radical (unpaired) electrons. The van der Waals surface area contributed by atoms with Gasteiger partial charge < -0.3 is 10.2 Å². The molecule has 3 N–H and O–H groups in total. The van der Waals surface area contributed by atoms with Gasteiger partial charge in [0, 0.05) is 11.9 Å². The number of carbonyl (C=O) groups is 2. The molecule has 0 saturated carbocycles. The van der Waals surface area contributed by atoms with Crippen LogP contribution in [0.25, 0.3) is 0 Å². The lowest BCUT2D eigenvalue weighted by Crippen LogP contribution is -2.44. The summed E-state index contributed by atoms with van der Waals surface area (Å²) in [5.74, 6) is -0.919. The minimum Gasteiger partial charge on any atom is -0.357 e. The maximum atomic E-state index is 12.5. The predicted octanol–water partition coefficient (Wildman–Crippen LogP) is 1.70. The second kappa shape index (κ2) is 5.75. The zero-order chi connectivity index (χ0) is 14.7. The van der Waals surface area contributed by atoms with E-state index < -0.39 is 11.9 Å². The molecule has 1 unspecified atom stereocenters. The Kier molecular flexibility index (Phi) is 4.05. The van der Waals surface area contributed by atoms with Crippen molar-refractivity contribution < 1.29 is 14.8 Å². The first-order valence-corrected chi connectivity index (χ1v) is 6.41. The molecule has 0 bridgehead atoms. The summed E-state index contributed by atoms with van der Waals surface area (Å²) in [6, 6.07) is 6.32. The van der Waals surface area contributed by atoms with Crippen molar-refractivity contribution in [3.8, 4) is 0 Å². The molecule has 0 aromatic heterocycles. The van der Waals surface area contributed by atoms with Crippen molar-refractivity contribution in [2.75, 3.05) is 5.32 Å². The van der Waals surface area contributed by atoms with Crippen LogP contribution in [0.1, 0.15) is 30.6 Å². The monoisotopic (exact) mass is 275 g/mol. The first-order chi connectivity index (χ1) is 9.58. The Morgan fingerprint density at radius 3 is 2.80 bits per heavy atom. The highest BCUT2D eigenvalue weighted by atomic mass is 16.5. The Morgan fingerprint density at radius 2 is 2.15 bits per heavy atom. The van der Waals surface area contributed by atoms with Crippen LogP contribution in [-0.2, 0) is 4.79 Å². The SMILES string of the molecule is CCC1=CN(C(C)C(=O)NO)C(=O)c2ccccc2N1. The van der Waals surface area contributed by atoms with Gasteiger partial charge in [-0.2, -0.15) is 0 Å². The Balaban J connectivity index is 2.46. The van der Waals surface area contributed by atoms with Crippen LogP contribution in [-0.4, -0.2) is 28.0 Å². The molecule has 1 aliphatic heterocycles. The van der Waals surface area contributed by atoms with Gasteiger partial charge in [0.05, 0.1) is 11.3 Å². The number of hydrogen-bond acceptors (Lipinski definition) is 4. The van der Waals surface area contributed by atoms with E-state index in [4.69, 9.17) is 5.21 Å². The third kappa shape index (κ3) is 2.50. The third-order valence-electron chi connectivity index (χ3n) is 3.27. The first-order valence-electron chi connectivity index (χ1n) is 6.41. The van der Waals surface area contributed by atoms with Gasteiger partial charge >= 0.3 is 0 Å². The molecule has 2 rings (SSSR count). The van der Waals surface area contributed by atoms with E-state index >= 15 is 0 Å². The van der Waals surface area contributed by atoms with Gasteiger partial charge in [-0.05, 0) is 25.5 Å². The highest BCUT2D eigenvalue weighted by molar-refractivity contribution is 6.03. The number of benzene rings is 1. The van der Waals surface area contributed by atoms with E-state index in [0.717, 1.165) is 5.70 Å². The number of fused-ring (bicyclic) bond motifs is 1. The van der Waals surface area contributed by atoms with Crippen LogP contribution in [0, 0.1) is 0 Å². The predicted molar refractivity (Wildman–Crippen MR) is 74.0 cm³/mol. The van der Waals surface area contributed by atoms with Gasteiger partial charge in [-0.1, -0.05) is 19.1 Å². The van der Waals surface area contributed by atoms with Crippen LogP contribution >= 0.6 is 0 Å². The summed E-state index contributed by atoms with van der Waals surface area (Å²) in [5.41, 5.74) is 3.60. The van der Waals surface area contributed by atoms with Gasteiger partial charge in [0.15, 0.2) is 0 Å². The maximum absolute atomic E-state index is 12.5. The summed E-state index contributed by atoms with van der Waals surface area (Å²) in [6.07, 6.45) is 2.30. The van der Waals surface area contributed by atoms with E-state index in [1.54, 1.807) is 30.7 Å². The molecule has 0 aliphatic carbocycles. The molecule has 6 nitrogen and oxygen atoms in total. The average Bonchev–Trinajstić information content (AvgIpc) is 2.63. The smallest absolute Gasteiger partial charge is 0.266 e. The fraction of sp³-hybridized carbons (Fsp3) is 0.286. The number of allylic oxidation sites excluding steroid dienone is 1. The molecule has 1 aromatic rings. The molecule has 0 spiro atoms. The fourth-order valence-corrected chi connectivity index (χ4v) is 2.04. The molecule has 20 heavy (non-hydrogen) atoms. The maximum Gasteiger partial charge on any atom is 0.266 e. The molecule has 106 valence electrons. The van der Waals surface area contributed by atoms with Crippen LogP contribution in [0.2, 0.25) is 0 Å². The molecule has 0 fully saturated rings. The first kappa shape index (κ1) is 14.1. The third-order valence-corrected chi connectivity index (χ3v) is 3.27. The number of nitrogens with zero attached hydrogens (tertiary/aromatic N) is 1. The van der Waals surface area contributed by atoms with Crippen molar-refractivity contribution in [1.29, 1.82) is 0 Å². The Labute approximate surface area is 117 Å². The molecule has 1 aliphatic rings. The van der Waals surface area contributed by atoms with Crippen molar-refractivity contribution in [1.82, 2.24) is 10.4 Å². The minimum atomic E-state index is -0.804. The van der Waals surface area contributed by atoms with Gasteiger partial charge in [0.2, 0.25) is 0 Å². The molecule has 0 saturated heterocycles. The fourth-order valence-electron chi connectivity index (χ4n) is 2.04. The van der Waals surface area contributed by atoms with Crippen molar-refractivity contribution in [3.05, 3.63) is 41.7 Å². The standard InChI is InChI=1S/C14H17N3O3/c1-3-10-8-17(9(2)13(18)16-20)14(19)11-6-4-5-7-12(11)15-10/h4-9,15,20H,3H2,1-2H3,(H,16,18). The van der Waals surface area contributed by atoms with Gasteiger partial charge in [-0.3, -0.25) is 14.8 Å². The number of rotatable bonds is 3. The summed E-state index contributed by atoms with van der Waals surface area (Å²) in [4.78, 5) is 25.4. The van der Waals surface area contributed by atoms with Gasteiger partial charge in [0.1, 0.15) is 6.04 Å².